The van der Waals surface area contributed by atoms with Crippen LogP contribution in [0.15, 0.2) is 18.5 Å². The number of carbonyl (C=O) groups is 2. The Hall–Kier alpha value is -2.57. The molecule has 0 bridgehead atoms. The topological polar surface area (TPSA) is 67.2 Å². The number of rotatable bonds is 3. The van der Waals surface area contributed by atoms with E-state index in [0.717, 1.165) is 10.6 Å². The lowest BCUT2D eigenvalue weighted by Crippen LogP contribution is -2.30. The van der Waals surface area contributed by atoms with E-state index in [1.807, 2.05) is 16.8 Å². The third-order valence-electron chi connectivity index (χ3n) is 3.83. The molecule has 0 saturated carbocycles. The van der Waals surface area contributed by atoms with Crippen LogP contribution < -0.4 is 9.64 Å². The number of urea groups is 1. The fourth-order valence-corrected chi connectivity index (χ4v) is 2.45. The molecular formula is C15H18N4O3. The van der Waals surface area contributed by atoms with E-state index < -0.39 is 0 Å². The normalized spacial score (nSPS) is 15.5. The molecule has 0 radical (unpaired) electrons. The van der Waals surface area contributed by atoms with Crippen LogP contribution in [0.25, 0.3) is 5.65 Å². The van der Waals surface area contributed by atoms with Crippen molar-refractivity contribution in [3.05, 3.63) is 24.2 Å². The van der Waals surface area contributed by atoms with Gasteiger partial charge in [0.25, 0.3) is 0 Å². The van der Waals surface area contributed by atoms with Gasteiger partial charge < -0.3 is 9.14 Å². The standard InChI is InChI=1S/C15H18N4O3/c1-9(2)11-7-18-6-10(22-4)5-12(14(18)16-11)19-8-13(20)17(3)15(19)21/h5-7,9H,8H2,1-4H3. The quantitative estimate of drug-likeness (QED) is 0.812. The Bertz CT molecular complexity index is 765. The summed E-state index contributed by atoms with van der Waals surface area (Å²) < 4.78 is 7.13. The van der Waals surface area contributed by atoms with Crippen molar-refractivity contribution < 1.29 is 14.3 Å². The monoisotopic (exact) mass is 302 g/mol. The van der Waals surface area contributed by atoms with Crippen molar-refractivity contribution in [3.63, 3.8) is 0 Å². The van der Waals surface area contributed by atoms with E-state index in [1.54, 1.807) is 13.2 Å². The van der Waals surface area contributed by atoms with Gasteiger partial charge in [0.1, 0.15) is 12.3 Å². The second kappa shape index (κ2) is 5.01. The summed E-state index contributed by atoms with van der Waals surface area (Å²) in [6.07, 6.45) is 3.72. The number of fused-ring (bicyclic) bond motifs is 1. The van der Waals surface area contributed by atoms with E-state index in [9.17, 15) is 9.59 Å². The molecule has 7 heteroatoms. The van der Waals surface area contributed by atoms with E-state index >= 15 is 0 Å². The maximum absolute atomic E-state index is 12.3. The van der Waals surface area contributed by atoms with Crippen LogP contribution in [0.4, 0.5) is 10.5 Å². The summed E-state index contributed by atoms with van der Waals surface area (Å²) in [5.41, 5.74) is 2.13. The average molecular weight is 302 g/mol. The molecule has 0 atom stereocenters. The van der Waals surface area contributed by atoms with Crippen LogP contribution in [0.2, 0.25) is 0 Å². The first-order chi connectivity index (χ1) is 10.4. The third-order valence-corrected chi connectivity index (χ3v) is 3.83. The molecule has 1 aliphatic heterocycles. The van der Waals surface area contributed by atoms with Gasteiger partial charge in [-0.1, -0.05) is 13.8 Å². The molecule has 3 heterocycles. The fourth-order valence-electron chi connectivity index (χ4n) is 2.45. The smallest absolute Gasteiger partial charge is 0.331 e. The molecule has 0 unspecified atom stereocenters. The molecule has 22 heavy (non-hydrogen) atoms. The summed E-state index contributed by atoms with van der Waals surface area (Å²) in [6, 6.07) is 1.38. The molecule has 0 aromatic carbocycles. The van der Waals surface area contributed by atoms with E-state index in [-0.39, 0.29) is 24.4 Å². The molecule has 3 amide bonds. The second-order valence-electron chi connectivity index (χ2n) is 5.64. The summed E-state index contributed by atoms with van der Waals surface area (Å²) in [6.45, 7) is 4.12. The number of likely N-dealkylation sites (N-methyl/N-ethyl adjacent to an activating group) is 1. The van der Waals surface area contributed by atoms with Crippen LogP contribution >= 0.6 is 0 Å². The molecule has 0 aliphatic carbocycles. The van der Waals surface area contributed by atoms with Crippen molar-refractivity contribution >= 4 is 23.3 Å². The number of aromatic nitrogens is 2. The Morgan fingerprint density at radius 1 is 1.27 bits per heavy atom. The summed E-state index contributed by atoms with van der Waals surface area (Å²) in [7, 11) is 3.04. The minimum atomic E-state index is -0.353. The van der Waals surface area contributed by atoms with Crippen molar-refractivity contribution in [1.82, 2.24) is 14.3 Å². The summed E-state index contributed by atoms with van der Waals surface area (Å²) in [4.78, 5) is 31.2. The zero-order valence-electron chi connectivity index (χ0n) is 13.0. The van der Waals surface area contributed by atoms with Crippen LogP contribution in [0, 0.1) is 0 Å². The van der Waals surface area contributed by atoms with Gasteiger partial charge in [-0.25, -0.2) is 9.78 Å². The number of imidazole rings is 1. The molecule has 0 N–H and O–H groups in total. The molecule has 2 aromatic heterocycles. The Kier molecular flexibility index (Phi) is 3.27. The van der Waals surface area contributed by atoms with Crippen molar-refractivity contribution in [2.75, 3.05) is 25.6 Å². The van der Waals surface area contributed by atoms with E-state index in [1.165, 1.54) is 11.9 Å². The van der Waals surface area contributed by atoms with Gasteiger partial charge in [0.2, 0.25) is 5.91 Å². The predicted octanol–water partition coefficient (Wildman–Crippen LogP) is 1.86. The molecule has 1 saturated heterocycles. The van der Waals surface area contributed by atoms with E-state index in [2.05, 4.69) is 18.8 Å². The number of ether oxygens (including phenoxy) is 1. The van der Waals surface area contributed by atoms with E-state index in [0.29, 0.717) is 17.1 Å². The lowest BCUT2D eigenvalue weighted by atomic mass is 10.2. The highest BCUT2D eigenvalue weighted by atomic mass is 16.5. The first-order valence-electron chi connectivity index (χ1n) is 7.07. The fraction of sp³-hybridized carbons (Fsp3) is 0.400. The summed E-state index contributed by atoms with van der Waals surface area (Å²) in [5.74, 6) is 0.629. The van der Waals surface area contributed by atoms with Gasteiger partial charge in [-0.05, 0) is 5.92 Å². The number of carbonyl (C=O) groups excluding carboxylic acids is 2. The van der Waals surface area contributed by atoms with Crippen molar-refractivity contribution in [3.8, 4) is 5.75 Å². The van der Waals surface area contributed by atoms with Crippen LogP contribution in [0.3, 0.4) is 0 Å². The number of hydrogen-bond acceptors (Lipinski definition) is 4. The van der Waals surface area contributed by atoms with Crippen LogP contribution in [-0.2, 0) is 4.79 Å². The number of nitrogens with zero attached hydrogens (tertiary/aromatic N) is 4. The lowest BCUT2D eigenvalue weighted by molar-refractivity contribution is -0.123. The van der Waals surface area contributed by atoms with Gasteiger partial charge in [-0.15, -0.1) is 0 Å². The van der Waals surface area contributed by atoms with Gasteiger partial charge in [0.15, 0.2) is 5.65 Å². The van der Waals surface area contributed by atoms with Crippen LogP contribution in [0.5, 0.6) is 5.75 Å². The Morgan fingerprint density at radius 2 is 2.00 bits per heavy atom. The molecule has 116 valence electrons. The highest BCUT2D eigenvalue weighted by Crippen LogP contribution is 2.30. The van der Waals surface area contributed by atoms with Gasteiger partial charge in [-0.3, -0.25) is 14.6 Å². The number of methoxy groups -OCH3 is 1. The summed E-state index contributed by atoms with van der Waals surface area (Å²) >= 11 is 0. The molecule has 2 aromatic rings. The molecular weight excluding hydrogens is 284 g/mol. The van der Waals surface area contributed by atoms with Gasteiger partial charge in [0.05, 0.1) is 24.7 Å². The van der Waals surface area contributed by atoms with Crippen molar-refractivity contribution in [2.24, 2.45) is 0 Å². The third kappa shape index (κ3) is 2.09. The average Bonchev–Trinajstić information content (AvgIpc) is 3.03. The number of imide groups is 1. The number of hydrogen-bond donors (Lipinski definition) is 0. The minimum absolute atomic E-state index is 0.0159. The predicted molar refractivity (Wildman–Crippen MR) is 81.3 cm³/mol. The van der Waals surface area contributed by atoms with Crippen molar-refractivity contribution in [2.45, 2.75) is 19.8 Å². The number of pyridine rings is 1. The van der Waals surface area contributed by atoms with Gasteiger partial charge in [-0.2, -0.15) is 0 Å². The Labute approximate surface area is 128 Å². The molecule has 1 aliphatic rings. The lowest BCUT2D eigenvalue weighted by Gasteiger charge is -2.16. The zero-order chi connectivity index (χ0) is 16.0. The maximum atomic E-state index is 12.3. The van der Waals surface area contributed by atoms with Crippen molar-refractivity contribution in [1.29, 1.82) is 0 Å². The molecule has 3 rings (SSSR count). The van der Waals surface area contributed by atoms with Crippen LogP contribution in [-0.4, -0.2) is 46.9 Å². The SMILES string of the molecule is COc1cc(N2CC(=O)N(C)C2=O)c2nc(C(C)C)cn2c1. The largest absolute Gasteiger partial charge is 0.495 e. The van der Waals surface area contributed by atoms with Gasteiger partial charge >= 0.3 is 6.03 Å². The van der Waals surface area contributed by atoms with Crippen LogP contribution in [0.1, 0.15) is 25.5 Å². The van der Waals surface area contributed by atoms with Gasteiger partial charge in [0, 0.05) is 19.3 Å². The highest BCUT2D eigenvalue weighted by Gasteiger charge is 2.35. The molecule has 0 spiro atoms. The Balaban J connectivity index is 2.19. The molecule has 7 nitrogen and oxygen atoms in total. The molecule has 1 fully saturated rings. The zero-order valence-corrected chi connectivity index (χ0v) is 13.0. The first-order valence-corrected chi connectivity index (χ1v) is 7.07. The maximum Gasteiger partial charge on any atom is 0.331 e. The minimum Gasteiger partial charge on any atom is -0.495 e. The Morgan fingerprint density at radius 3 is 2.55 bits per heavy atom. The summed E-state index contributed by atoms with van der Waals surface area (Å²) in [5, 5.41) is 0. The second-order valence-corrected chi connectivity index (χ2v) is 5.64. The highest BCUT2D eigenvalue weighted by molar-refractivity contribution is 6.13. The number of amides is 3. The van der Waals surface area contributed by atoms with E-state index in [4.69, 9.17) is 4.74 Å². The number of anilines is 1. The first kappa shape index (κ1) is 14.4.